The Kier molecular flexibility index (Phi) is 3.66. The van der Waals surface area contributed by atoms with E-state index in [1.165, 1.54) is 0 Å². The fourth-order valence-corrected chi connectivity index (χ4v) is 1.90. The Morgan fingerprint density at radius 2 is 1.88 bits per heavy atom. The zero-order valence-corrected chi connectivity index (χ0v) is 11.5. The Bertz CT molecular complexity index is 356. The number of hydrogen-bond acceptors (Lipinski definition) is 2. The van der Waals surface area contributed by atoms with Gasteiger partial charge in [-0.15, -0.1) is 0 Å². The monoisotopic (exact) mass is 223 g/mol. The molecule has 0 saturated heterocycles. The number of aryl methyl sites for hydroxylation is 1. The maximum atomic E-state index is 6.21. The lowest BCUT2D eigenvalue weighted by Crippen LogP contribution is -2.16. The van der Waals surface area contributed by atoms with E-state index < -0.39 is 0 Å². The van der Waals surface area contributed by atoms with E-state index in [4.69, 9.17) is 10.7 Å². The van der Waals surface area contributed by atoms with E-state index in [2.05, 4.69) is 46.1 Å². The van der Waals surface area contributed by atoms with Gasteiger partial charge >= 0.3 is 0 Å². The van der Waals surface area contributed by atoms with Crippen molar-refractivity contribution < 1.29 is 0 Å². The highest BCUT2D eigenvalue weighted by Gasteiger charge is 2.24. The van der Waals surface area contributed by atoms with Crippen LogP contribution in [0.2, 0.25) is 0 Å². The molecule has 0 aliphatic carbocycles. The predicted molar refractivity (Wildman–Crippen MR) is 69.6 cm³/mol. The summed E-state index contributed by atoms with van der Waals surface area (Å²) in [5.74, 6) is 2.55. The van der Waals surface area contributed by atoms with Crippen molar-refractivity contribution in [1.82, 2.24) is 9.55 Å². The molecule has 0 spiro atoms. The predicted octanol–water partition coefficient (Wildman–Crippen LogP) is 2.98. The molecule has 0 fully saturated rings. The molecule has 92 valence electrons. The van der Waals surface area contributed by atoms with Gasteiger partial charge in [-0.3, -0.25) is 0 Å². The van der Waals surface area contributed by atoms with Crippen LogP contribution in [0.1, 0.15) is 53.1 Å². The van der Waals surface area contributed by atoms with E-state index in [1.54, 1.807) is 0 Å². The van der Waals surface area contributed by atoms with E-state index in [0.717, 1.165) is 30.3 Å². The Hall–Kier alpha value is -0.990. The van der Waals surface area contributed by atoms with E-state index in [9.17, 15) is 0 Å². The van der Waals surface area contributed by atoms with Gasteiger partial charge in [-0.25, -0.2) is 4.98 Å². The minimum Gasteiger partial charge on any atom is -0.384 e. The molecule has 1 heterocycles. The molecule has 1 aromatic heterocycles. The first kappa shape index (κ1) is 13.1. The SMILES string of the molecule is CCc1nc(C(C)(C)C)c(N)n1CC(C)C. The third-order valence-corrected chi connectivity index (χ3v) is 2.66. The van der Waals surface area contributed by atoms with Crippen LogP contribution in [0.4, 0.5) is 5.82 Å². The summed E-state index contributed by atoms with van der Waals surface area (Å²) in [6.07, 6.45) is 0.938. The van der Waals surface area contributed by atoms with Crippen LogP contribution in [0.5, 0.6) is 0 Å². The third-order valence-electron chi connectivity index (χ3n) is 2.66. The second-order valence-electron chi connectivity index (χ2n) is 5.87. The normalized spacial score (nSPS) is 12.4. The Morgan fingerprint density at radius 3 is 2.25 bits per heavy atom. The highest BCUT2D eigenvalue weighted by atomic mass is 15.1. The van der Waals surface area contributed by atoms with Crippen molar-refractivity contribution in [2.75, 3.05) is 5.73 Å². The number of anilines is 1. The van der Waals surface area contributed by atoms with Gasteiger partial charge in [0.2, 0.25) is 0 Å². The van der Waals surface area contributed by atoms with Gasteiger partial charge in [-0.2, -0.15) is 0 Å². The van der Waals surface area contributed by atoms with E-state index >= 15 is 0 Å². The molecule has 0 unspecified atom stereocenters. The first-order valence-electron chi connectivity index (χ1n) is 6.12. The maximum absolute atomic E-state index is 6.21. The molecule has 16 heavy (non-hydrogen) atoms. The zero-order chi connectivity index (χ0) is 12.5. The van der Waals surface area contributed by atoms with Crippen LogP contribution in [-0.2, 0) is 18.4 Å². The van der Waals surface area contributed by atoms with Gasteiger partial charge in [0.05, 0.1) is 5.69 Å². The van der Waals surface area contributed by atoms with E-state index in [1.807, 2.05) is 0 Å². The molecule has 3 heteroatoms. The number of aromatic nitrogens is 2. The number of nitrogens with zero attached hydrogens (tertiary/aromatic N) is 2. The summed E-state index contributed by atoms with van der Waals surface area (Å²) < 4.78 is 2.17. The van der Waals surface area contributed by atoms with Crippen LogP contribution in [0.3, 0.4) is 0 Å². The summed E-state index contributed by atoms with van der Waals surface area (Å²) in [7, 11) is 0. The fourth-order valence-electron chi connectivity index (χ4n) is 1.90. The number of rotatable bonds is 3. The van der Waals surface area contributed by atoms with Crippen molar-refractivity contribution in [3.8, 4) is 0 Å². The minimum absolute atomic E-state index is 0.0240. The molecule has 0 aliphatic rings. The number of nitrogen functional groups attached to an aromatic ring is 1. The molecule has 0 amide bonds. The van der Waals surface area contributed by atoms with E-state index in [0.29, 0.717) is 5.92 Å². The molecule has 0 radical (unpaired) electrons. The van der Waals surface area contributed by atoms with Gasteiger partial charge in [0, 0.05) is 18.4 Å². The van der Waals surface area contributed by atoms with Gasteiger partial charge in [0.25, 0.3) is 0 Å². The molecular weight excluding hydrogens is 198 g/mol. The smallest absolute Gasteiger partial charge is 0.127 e. The summed E-state index contributed by atoms with van der Waals surface area (Å²) >= 11 is 0. The van der Waals surface area contributed by atoms with Crippen molar-refractivity contribution in [2.24, 2.45) is 5.92 Å². The standard InChI is InChI=1S/C13H25N3/c1-7-10-15-11(13(4,5)6)12(14)16(10)8-9(2)3/h9H,7-8,14H2,1-6H3. The number of imidazole rings is 1. The highest BCUT2D eigenvalue weighted by molar-refractivity contribution is 5.42. The van der Waals surface area contributed by atoms with Crippen molar-refractivity contribution in [2.45, 2.75) is 59.9 Å². The summed E-state index contributed by atoms with van der Waals surface area (Å²) in [6.45, 7) is 14.0. The number of hydrogen-bond donors (Lipinski definition) is 1. The first-order valence-corrected chi connectivity index (χ1v) is 6.12. The Balaban J connectivity index is 3.21. The Labute approximate surface area is 99.1 Å². The van der Waals surface area contributed by atoms with Crippen LogP contribution in [-0.4, -0.2) is 9.55 Å². The molecule has 0 bridgehead atoms. The molecule has 2 N–H and O–H groups in total. The zero-order valence-electron chi connectivity index (χ0n) is 11.5. The second kappa shape index (κ2) is 4.48. The van der Waals surface area contributed by atoms with Crippen molar-refractivity contribution in [3.63, 3.8) is 0 Å². The van der Waals surface area contributed by atoms with Crippen LogP contribution in [0, 0.1) is 5.92 Å². The van der Waals surface area contributed by atoms with Crippen molar-refractivity contribution in [3.05, 3.63) is 11.5 Å². The second-order valence-corrected chi connectivity index (χ2v) is 5.87. The lowest BCUT2D eigenvalue weighted by Gasteiger charge is -2.17. The number of nitrogens with two attached hydrogens (primary N) is 1. The molecule has 1 aromatic rings. The highest BCUT2D eigenvalue weighted by Crippen LogP contribution is 2.28. The average Bonchev–Trinajstić information content (AvgIpc) is 2.42. The summed E-state index contributed by atoms with van der Waals surface area (Å²) in [5, 5.41) is 0. The van der Waals surface area contributed by atoms with Crippen molar-refractivity contribution >= 4 is 5.82 Å². The molecule has 0 aliphatic heterocycles. The molecule has 1 rings (SSSR count). The quantitative estimate of drug-likeness (QED) is 0.856. The summed E-state index contributed by atoms with van der Waals surface area (Å²) in [6, 6.07) is 0. The Morgan fingerprint density at radius 1 is 1.31 bits per heavy atom. The fraction of sp³-hybridized carbons (Fsp3) is 0.769. The van der Waals surface area contributed by atoms with Gasteiger partial charge < -0.3 is 10.3 Å². The van der Waals surface area contributed by atoms with Crippen LogP contribution < -0.4 is 5.73 Å². The summed E-state index contributed by atoms with van der Waals surface area (Å²) in [5.41, 5.74) is 7.27. The third kappa shape index (κ3) is 2.57. The van der Waals surface area contributed by atoms with Crippen LogP contribution in [0.25, 0.3) is 0 Å². The van der Waals surface area contributed by atoms with E-state index in [-0.39, 0.29) is 5.41 Å². The first-order chi connectivity index (χ1) is 7.27. The molecule has 3 nitrogen and oxygen atoms in total. The maximum Gasteiger partial charge on any atom is 0.127 e. The molecule has 0 saturated carbocycles. The van der Waals surface area contributed by atoms with Crippen LogP contribution in [0.15, 0.2) is 0 Å². The summed E-state index contributed by atoms with van der Waals surface area (Å²) in [4.78, 5) is 4.69. The molecule has 0 aromatic carbocycles. The van der Waals surface area contributed by atoms with Crippen LogP contribution >= 0.6 is 0 Å². The van der Waals surface area contributed by atoms with Gasteiger partial charge in [-0.1, -0.05) is 41.5 Å². The van der Waals surface area contributed by atoms with Gasteiger partial charge in [0.1, 0.15) is 11.6 Å². The molecule has 0 atom stereocenters. The topological polar surface area (TPSA) is 43.8 Å². The minimum atomic E-state index is 0.0240. The molecular formula is C13H25N3. The van der Waals surface area contributed by atoms with Gasteiger partial charge in [-0.05, 0) is 5.92 Å². The lowest BCUT2D eigenvalue weighted by atomic mass is 9.92. The van der Waals surface area contributed by atoms with Crippen molar-refractivity contribution in [1.29, 1.82) is 0 Å². The lowest BCUT2D eigenvalue weighted by molar-refractivity contribution is 0.512. The van der Waals surface area contributed by atoms with Gasteiger partial charge in [0.15, 0.2) is 0 Å². The largest absolute Gasteiger partial charge is 0.384 e. The average molecular weight is 223 g/mol.